The van der Waals surface area contributed by atoms with Crippen LogP contribution in [0.25, 0.3) is 10.9 Å². The van der Waals surface area contributed by atoms with Gasteiger partial charge in [-0.2, -0.15) is 0 Å². The number of rotatable bonds is 0. The van der Waals surface area contributed by atoms with Crippen LogP contribution in [0.3, 0.4) is 0 Å². The van der Waals surface area contributed by atoms with Crippen LogP contribution in [0.4, 0.5) is 17.2 Å². The summed E-state index contributed by atoms with van der Waals surface area (Å²) in [6, 6.07) is 5.54. The molecule has 0 aliphatic rings. The van der Waals surface area contributed by atoms with Crippen LogP contribution in [-0.2, 0) is 0 Å². The summed E-state index contributed by atoms with van der Waals surface area (Å²) >= 11 is 0. The van der Waals surface area contributed by atoms with E-state index in [1.54, 1.807) is 6.07 Å². The topological polar surface area (TPSA) is 93.8 Å². The smallest absolute Gasteiger partial charge is 0.125 e. The van der Waals surface area contributed by atoms with Crippen molar-refractivity contribution in [2.45, 2.75) is 0 Å². The first-order valence-electron chi connectivity index (χ1n) is 3.61. The van der Waals surface area contributed by atoms with Gasteiger partial charge < -0.3 is 22.2 Å². The summed E-state index contributed by atoms with van der Waals surface area (Å²) in [7, 11) is 0. The molecular formula is C8H10N4. The molecular weight excluding hydrogens is 152 g/mol. The molecule has 4 nitrogen and oxygen atoms in total. The molecule has 1 heterocycles. The minimum absolute atomic E-state index is 0.475. The first-order valence-corrected chi connectivity index (χ1v) is 3.61. The normalized spacial score (nSPS) is 10.7. The predicted molar refractivity (Wildman–Crippen MR) is 51.5 cm³/mol. The van der Waals surface area contributed by atoms with E-state index in [1.165, 1.54) is 0 Å². The van der Waals surface area contributed by atoms with Gasteiger partial charge >= 0.3 is 0 Å². The van der Waals surface area contributed by atoms with Crippen molar-refractivity contribution < 1.29 is 0 Å². The number of nitrogens with one attached hydrogen (secondary N) is 1. The maximum absolute atomic E-state index is 5.71. The van der Waals surface area contributed by atoms with Crippen LogP contribution in [0.15, 0.2) is 18.2 Å². The molecule has 62 valence electrons. The molecule has 12 heavy (non-hydrogen) atoms. The summed E-state index contributed by atoms with van der Waals surface area (Å²) in [5.41, 5.74) is 19.1. The molecule has 0 bridgehead atoms. The van der Waals surface area contributed by atoms with Gasteiger partial charge in [0, 0.05) is 11.1 Å². The quantitative estimate of drug-likeness (QED) is 0.434. The Labute approximate surface area is 69.3 Å². The number of fused-ring (bicyclic) bond motifs is 1. The fourth-order valence-electron chi connectivity index (χ4n) is 1.32. The van der Waals surface area contributed by atoms with Crippen LogP contribution in [0.2, 0.25) is 0 Å². The number of aromatic amines is 1. The van der Waals surface area contributed by atoms with E-state index in [9.17, 15) is 0 Å². The molecule has 0 spiro atoms. The Morgan fingerprint density at radius 1 is 1.08 bits per heavy atom. The van der Waals surface area contributed by atoms with E-state index in [2.05, 4.69) is 4.98 Å². The Balaban J connectivity index is 2.97. The zero-order valence-electron chi connectivity index (χ0n) is 6.46. The first kappa shape index (κ1) is 6.84. The third-order valence-corrected chi connectivity index (χ3v) is 1.93. The highest BCUT2D eigenvalue weighted by atomic mass is 14.9. The molecule has 4 heteroatoms. The van der Waals surface area contributed by atoms with E-state index >= 15 is 0 Å². The molecule has 0 aliphatic heterocycles. The van der Waals surface area contributed by atoms with Crippen molar-refractivity contribution in [1.82, 2.24) is 4.98 Å². The third-order valence-electron chi connectivity index (χ3n) is 1.93. The Morgan fingerprint density at radius 2 is 1.83 bits per heavy atom. The Hall–Kier alpha value is -1.84. The lowest BCUT2D eigenvalue weighted by Crippen LogP contribution is -1.92. The van der Waals surface area contributed by atoms with E-state index in [-0.39, 0.29) is 0 Å². The van der Waals surface area contributed by atoms with Crippen LogP contribution in [0.1, 0.15) is 0 Å². The van der Waals surface area contributed by atoms with E-state index in [1.807, 2.05) is 12.1 Å². The molecule has 7 N–H and O–H groups in total. The standard InChI is InChI=1S/C8H10N4/c9-4-2-1-3-5-6(4)7(10)8(11)12-5/h1-3,12H,9-11H2. The fraction of sp³-hybridized carbons (Fsp3) is 0. The van der Waals surface area contributed by atoms with Crippen molar-refractivity contribution in [2.75, 3.05) is 17.2 Å². The van der Waals surface area contributed by atoms with Crippen molar-refractivity contribution in [3.8, 4) is 0 Å². The highest BCUT2D eigenvalue weighted by Gasteiger charge is 2.06. The summed E-state index contributed by atoms with van der Waals surface area (Å²) in [5.74, 6) is 0.475. The Bertz CT molecular complexity index is 430. The van der Waals surface area contributed by atoms with Gasteiger partial charge in [0.1, 0.15) is 5.82 Å². The highest BCUT2D eigenvalue weighted by Crippen LogP contribution is 2.30. The highest BCUT2D eigenvalue weighted by molar-refractivity contribution is 6.04. The van der Waals surface area contributed by atoms with Crippen LogP contribution in [0, 0.1) is 0 Å². The second kappa shape index (κ2) is 2.07. The van der Waals surface area contributed by atoms with Crippen molar-refractivity contribution in [1.29, 1.82) is 0 Å². The first-order chi connectivity index (χ1) is 5.70. The number of benzene rings is 1. The monoisotopic (exact) mass is 162 g/mol. The molecule has 1 aromatic heterocycles. The minimum atomic E-state index is 0.475. The van der Waals surface area contributed by atoms with Gasteiger partial charge in [0.15, 0.2) is 0 Å². The van der Waals surface area contributed by atoms with E-state index in [0.717, 1.165) is 10.9 Å². The van der Waals surface area contributed by atoms with Crippen molar-refractivity contribution >= 4 is 28.1 Å². The average molecular weight is 162 g/mol. The van der Waals surface area contributed by atoms with Crippen LogP contribution in [0.5, 0.6) is 0 Å². The zero-order chi connectivity index (χ0) is 8.72. The maximum Gasteiger partial charge on any atom is 0.125 e. The molecule has 0 unspecified atom stereocenters. The molecule has 0 fully saturated rings. The number of nitrogen functional groups attached to an aromatic ring is 3. The van der Waals surface area contributed by atoms with Gasteiger partial charge in [0.2, 0.25) is 0 Å². The lowest BCUT2D eigenvalue weighted by atomic mass is 10.2. The number of hydrogen-bond acceptors (Lipinski definition) is 3. The zero-order valence-corrected chi connectivity index (χ0v) is 6.46. The number of nitrogens with two attached hydrogens (primary N) is 3. The molecule has 1 aromatic carbocycles. The summed E-state index contributed by atoms with van der Waals surface area (Å²) in [6.07, 6.45) is 0. The van der Waals surface area contributed by atoms with E-state index < -0.39 is 0 Å². The van der Waals surface area contributed by atoms with Crippen molar-refractivity contribution in [3.63, 3.8) is 0 Å². The SMILES string of the molecule is Nc1[nH]c2cccc(N)c2c1N. The lowest BCUT2D eigenvalue weighted by Gasteiger charge is -1.95. The second-order valence-electron chi connectivity index (χ2n) is 2.72. The molecule has 0 radical (unpaired) electrons. The van der Waals surface area contributed by atoms with Gasteiger partial charge in [0.25, 0.3) is 0 Å². The van der Waals surface area contributed by atoms with Gasteiger partial charge in [-0.3, -0.25) is 0 Å². The summed E-state index contributed by atoms with van der Waals surface area (Å²) in [5, 5.41) is 0.815. The van der Waals surface area contributed by atoms with Crippen molar-refractivity contribution in [3.05, 3.63) is 18.2 Å². The number of H-pyrrole nitrogens is 1. The van der Waals surface area contributed by atoms with Gasteiger partial charge in [-0.05, 0) is 12.1 Å². The fourth-order valence-corrected chi connectivity index (χ4v) is 1.32. The second-order valence-corrected chi connectivity index (χ2v) is 2.72. The Morgan fingerprint density at radius 3 is 2.50 bits per heavy atom. The van der Waals surface area contributed by atoms with E-state index in [4.69, 9.17) is 17.2 Å². The summed E-state index contributed by atoms with van der Waals surface area (Å²) in [6.45, 7) is 0. The summed E-state index contributed by atoms with van der Waals surface area (Å²) < 4.78 is 0. The van der Waals surface area contributed by atoms with Crippen LogP contribution in [-0.4, -0.2) is 4.98 Å². The minimum Gasteiger partial charge on any atom is -0.398 e. The molecule has 2 aromatic rings. The molecule has 0 saturated carbocycles. The predicted octanol–water partition coefficient (Wildman–Crippen LogP) is 0.915. The number of anilines is 3. The molecule has 0 aliphatic carbocycles. The molecule has 0 atom stereocenters. The van der Waals surface area contributed by atoms with Gasteiger partial charge in [-0.1, -0.05) is 6.07 Å². The number of hydrogen-bond donors (Lipinski definition) is 4. The van der Waals surface area contributed by atoms with Crippen LogP contribution >= 0.6 is 0 Å². The van der Waals surface area contributed by atoms with Crippen molar-refractivity contribution in [2.24, 2.45) is 0 Å². The van der Waals surface area contributed by atoms with E-state index in [0.29, 0.717) is 17.2 Å². The van der Waals surface area contributed by atoms with Gasteiger partial charge in [-0.25, -0.2) is 0 Å². The molecule has 0 saturated heterocycles. The Kier molecular flexibility index (Phi) is 1.18. The van der Waals surface area contributed by atoms with Crippen LogP contribution < -0.4 is 17.2 Å². The third kappa shape index (κ3) is 0.717. The number of aromatic nitrogens is 1. The molecule has 0 amide bonds. The lowest BCUT2D eigenvalue weighted by molar-refractivity contribution is 1.47. The largest absolute Gasteiger partial charge is 0.398 e. The maximum atomic E-state index is 5.71. The van der Waals surface area contributed by atoms with Gasteiger partial charge in [0.05, 0.1) is 11.2 Å². The molecule has 2 rings (SSSR count). The van der Waals surface area contributed by atoms with Gasteiger partial charge in [-0.15, -0.1) is 0 Å². The average Bonchev–Trinajstić information content (AvgIpc) is 2.29. The summed E-state index contributed by atoms with van der Waals surface area (Å²) in [4.78, 5) is 2.94.